The van der Waals surface area contributed by atoms with Gasteiger partial charge in [0.25, 0.3) is 11.5 Å². The van der Waals surface area contributed by atoms with Crippen molar-refractivity contribution >= 4 is 17.5 Å². The van der Waals surface area contributed by atoms with Gasteiger partial charge in [-0.2, -0.15) is 5.10 Å². The van der Waals surface area contributed by atoms with E-state index in [0.717, 1.165) is 17.8 Å². The number of nitrogens with zero attached hydrogens (tertiary/aromatic N) is 4. The molecule has 0 atom stereocenters. The van der Waals surface area contributed by atoms with Crippen molar-refractivity contribution in [3.63, 3.8) is 0 Å². The second-order valence-electron chi connectivity index (χ2n) is 7.92. The van der Waals surface area contributed by atoms with Crippen LogP contribution < -0.4 is 10.9 Å². The number of carbonyl (C=O) groups excluding carboxylic acids is 2. The molecule has 1 N–H and O–H groups in total. The Bertz CT molecular complexity index is 1220. The predicted molar refractivity (Wildman–Crippen MR) is 122 cm³/mol. The third kappa shape index (κ3) is 5.32. The molecule has 2 amide bonds. The van der Waals surface area contributed by atoms with Gasteiger partial charge in [-0.05, 0) is 49.5 Å². The Labute approximate surface area is 190 Å². The van der Waals surface area contributed by atoms with Gasteiger partial charge in [0.2, 0.25) is 5.91 Å². The molecule has 0 unspecified atom stereocenters. The summed E-state index contributed by atoms with van der Waals surface area (Å²) in [5.74, 6) is -0.971. The fraction of sp³-hybridized carbons (Fsp3) is 0.250. The van der Waals surface area contributed by atoms with Crippen LogP contribution in [-0.4, -0.2) is 64.6 Å². The lowest BCUT2D eigenvalue weighted by molar-refractivity contribution is -0.117. The fourth-order valence-corrected chi connectivity index (χ4v) is 3.60. The third-order valence-corrected chi connectivity index (χ3v) is 5.52. The molecule has 9 heteroatoms. The van der Waals surface area contributed by atoms with Crippen molar-refractivity contribution in [2.24, 2.45) is 0 Å². The first-order chi connectivity index (χ1) is 15.9. The van der Waals surface area contributed by atoms with Gasteiger partial charge in [0, 0.05) is 49.1 Å². The average Bonchev–Trinajstić information content (AvgIpc) is 2.81. The second-order valence-corrected chi connectivity index (χ2v) is 7.92. The van der Waals surface area contributed by atoms with Crippen LogP contribution in [0.5, 0.6) is 0 Å². The van der Waals surface area contributed by atoms with E-state index in [0.29, 0.717) is 24.3 Å². The quantitative estimate of drug-likeness (QED) is 0.645. The molecule has 0 aliphatic carbocycles. The Morgan fingerprint density at radius 3 is 2.36 bits per heavy atom. The van der Waals surface area contributed by atoms with Crippen molar-refractivity contribution in [3.8, 4) is 11.3 Å². The Kier molecular flexibility index (Phi) is 6.60. The molecular weight excluding hydrogens is 425 g/mol. The predicted octanol–water partition coefficient (Wildman–Crippen LogP) is 2.08. The number of hydrogen-bond acceptors (Lipinski definition) is 5. The molecule has 1 saturated heterocycles. The number of benzene rings is 2. The number of aromatic nitrogens is 2. The highest BCUT2D eigenvalue weighted by Gasteiger charge is 2.20. The molecule has 8 nitrogen and oxygen atoms in total. The number of anilines is 1. The molecule has 2 heterocycles. The van der Waals surface area contributed by atoms with Gasteiger partial charge in [0.05, 0.1) is 5.69 Å². The standard InChI is InChI=1S/C24H24FN5O3/c1-28-12-14-29(15-13-28)24(33)17-6-8-18(9-7-17)26-22(31)16-30-23(32)11-10-21(27-30)19-4-2-3-5-20(19)25/h2-11H,12-16H2,1H3,(H,26,31). The van der Waals surface area contributed by atoms with Gasteiger partial charge in [-0.25, -0.2) is 9.07 Å². The maximum Gasteiger partial charge on any atom is 0.267 e. The third-order valence-electron chi connectivity index (χ3n) is 5.52. The van der Waals surface area contributed by atoms with E-state index in [1.165, 1.54) is 18.2 Å². The highest BCUT2D eigenvalue weighted by Crippen LogP contribution is 2.19. The van der Waals surface area contributed by atoms with Crippen molar-refractivity contribution in [1.82, 2.24) is 19.6 Å². The van der Waals surface area contributed by atoms with E-state index in [-0.39, 0.29) is 23.7 Å². The van der Waals surface area contributed by atoms with Gasteiger partial charge in [-0.1, -0.05) is 12.1 Å². The second kappa shape index (κ2) is 9.74. The first-order valence-corrected chi connectivity index (χ1v) is 10.6. The van der Waals surface area contributed by atoms with E-state index in [1.807, 2.05) is 11.9 Å². The first kappa shape index (κ1) is 22.3. The molecule has 1 fully saturated rings. The molecule has 0 radical (unpaired) electrons. The number of piperazine rings is 1. The molecule has 0 spiro atoms. The number of halogens is 1. The number of hydrogen-bond donors (Lipinski definition) is 1. The van der Waals surface area contributed by atoms with E-state index >= 15 is 0 Å². The number of rotatable bonds is 5. The molecular formula is C24H24FN5O3. The molecule has 1 aliphatic rings. The maximum absolute atomic E-state index is 14.0. The van der Waals surface area contributed by atoms with Crippen LogP contribution in [0, 0.1) is 5.82 Å². The largest absolute Gasteiger partial charge is 0.336 e. The van der Waals surface area contributed by atoms with Crippen molar-refractivity contribution in [1.29, 1.82) is 0 Å². The molecule has 1 aliphatic heterocycles. The summed E-state index contributed by atoms with van der Waals surface area (Å²) in [4.78, 5) is 41.3. The molecule has 4 rings (SSSR count). The smallest absolute Gasteiger partial charge is 0.267 e. The zero-order valence-electron chi connectivity index (χ0n) is 18.2. The molecule has 1 aromatic heterocycles. The van der Waals surface area contributed by atoms with Gasteiger partial charge in [0.1, 0.15) is 12.4 Å². The monoisotopic (exact) mass is 449 g/mol. The number of likely N-dealkylation sites (N-methyl/N-ethyl adjacent to an activating group) is 1. The number of carbonyl (C=O) groups is 2. The molecule has 2 aromatic carbocycles. The SMILES string of the molecule is CN1CCN(C(=O)c2ccc(NC(=O)Cn3nc(-c4ccccc4F)ccc3=O)cc2)CC1. The summed E-state index contributed by atoms with van der Waals surface area (Å²) >= 11 is 0. The van der Waals surface area contributed by atoms with Crippen molar-refractivity contribution in [2.45, 2.75) is 6.54 Å². The number of amides is 2. The minimum atomic E-state index is -0.474. The lowest BCUT2D eigenvalue weighted by atomic mass is 10.1. The topological polar surface area (TPSA) is 87.5 Å². The Morgan fingerprint density at radius 1 is 0.970 bits per heavy atom. The van der Waals surface area contributed by atoms with Crippen LogP contribution in [0.15, 0.2) is 65.5 Å². The van der Waals surface area contributed by atoms with Crippen LogP contribution in [0.1, 0.15) is 10.4 Å². The lowest BCUT2D eigenvalue weighted by Gasteiger charge is -2.32. The van der Waals surface area contributed by atoms with Crippen LogP contribution in [0.2, 0.25) is 0 Å². The summed E-state index contributed by atoms with van der Waals surface area (Å²) in [5, 5.41) is 6.82. The zero-order valence-corrected chi connectivity index (χ0v) is 18.2. The minimum Gasteiger partial charge on any atom is -0.336 e. The van der Waals surface area contributed by atoms with Gasteiger partial charge >= 0.3 is 0 Å². The van der Waals surface area contributed by atoms with E-state index in [1.54, 1.807) is 42.5 Å². The van der Waals surface area contributed by atoms with Crippen molar-refractivity contribution in [2.75, 3.05) is 38.5 Å². The average molecular weight is 449 g/mol. The van der Waals surface area contributed by atoms with E-state index in [9.17, 15) is 18.8 Å². The van der Waals surface area contributed by atoms with E-state index < -0.39 is 17.3 Å². The Morgan fingerprint density at radius 2 is 1.67 bits per heavy atom. The van der Waals surface area contributed by atoms with Gasteiger partial charge < -0.3 is 15.1 Å². The van der Waals surface area contributed by atoms with E-state index in [4.69, 9.17) is 0 Å². The van der Waals surface area contributed by atoms with Crippen LogP contribution in [0.3, 0.4) is 0 Å². The van der Waals surface area contributed by atoms with Crippen LogP contribution >= 0.6 is 0 Å². The summed E-state index contributed by atoms with van der Waals surface area (Å²) in [6.45, 7) is 2.71. The highest BCUT2D eigenvalue weighted by atomic mass is 19.1. The number of nitrogens with one attached hydrogen (secondary N) is 1. The minimum absolute atomic E-state index is 0.0401. The summed E-state index contributed by atoms with van der Waals surface area (Å²) in [5.41, 5.74) is 1.07. The molecule has 0 saturated carbocycles. The first-order valence-electron chi connectivity index (χ1n) is 10.6. The zero-order chi connectivity index (χ0) is 23.4. The summed E-state index contributed by atoms with van der Waals surface area (Å²) < 4.78 is 15.0. The normalized spacial score (nSPS) is 14.2. The maximum atomic E-state index is 14.0. The fourth-order valence-electron chi connectivity index (χ4n) is 3.60. The summed E-state index contributed by atoms with van der Waals surface area (Å²) in [6.07, 6.45) is 0. The molecule has 170 valence electrons. The van der Waals surface area contributed by atoms with E-state index in [2.05, 4.69) is 15.3 Å². The molecule has 0 bridgehead atoms. The van der Waals surface area contributed by atoms with Crippen LogP contribution in [-0.2, 0) is 11.3 Å². The van der Waals surface area contributed by atoms with Crippen LogP contribution in [0.4, 0.5) is 10.1 Å². The summed E-state index contributed by atoms with van der Waals surface area (Å²) in [7, 11) is 2.03. The van der Waals surface area contributed by atoms with Gasteiger partial charge in [0.15, 0.2) is 0 Å². The van der Waals surface area contributed by atoms with Gasteiger partial charge in [-0.3, -0.25) is 14.4 Å². The van der Waals surface area contributed by atoms with Crippen molar-refractivity contribution < 1.29 is 14.0 Å². The summed E-state index contributed by atoms with van der Waals surface area (Å²) in [6, 6.07) is 15.4. The van der Waals surface area contributed by atoms with Gasteiger partial charge in [-0.15, -0.1) is 0 Å². The molecule has 3 aromatic rings. The van der Waals surface area contributed by atoms with Crippen LogP contribution in [0.25, 0.3) is 11.3 Å². The van der Waals surface area contributed by atoms with Crippen molar-refractivity contribution in [3.05, 3.63) is 82.4 Å². The Hall–Kier alpha value is -3.85. The molecule has 33 heavy (non-hydrogen) atoms. The lowest BCUT2D eigenvalue weighted by Crippen LogP contribution is -2.47. The Balaban J connectivity index is 1.41. The highest BCUT2D eigenvalue weighted by molar-refractivity contribution is 5.95.